The summed E-state index contributed by atoms with van der Waals surface area (Å²) in [7, 11) is 2.00. The average Bonchev–Trinajstić information content (AvgIpc) is 3.03. The predicted molar refractivity (Wildman–Crippen MR) is 86.8 cm³/mol. The van der Waals surface area contributed by atoms with Crippen molar-refractivity contribution in [3.05, 3.63) is 15.9 Å². The fourth-order valence-corrected chi connectivity index (χ4v) is 3.78. The number of nitrogens with two attached hydrogens (primary N) is 1. The van der Waals surface area contributed by atoms with Crippen LogP contribution < -0.4 is 5.73 Å². The fraction of sp³-hybridized carbons (Fsp3) is 0.800. The van der Waals surface area contributed by atoms with Crippen molar-refractivity contribution < 1.29 is 0 Å². The SMILES string of the molecule is CCC(C)(C(N)Cc1c(Br)c(C)nn1C)N1CCCC1. The van der Waals surface area contributed by atoms with Crippen LogP contribution in [-0.2, 0) is 13.5 Å². The van der Waals surface area contributed by atoms with Gasteiger partial charge in [0, 0.05) is 25.0 Å². The van der Waals surface area contributed by atoms with E-state index in [9.17, 15) is 0 Å². The molecule has 20 heavy (non-hydrogen) atoms. The average molecular weight is 343 g/mol. The second kappa shape index (κ2) is 6.16. The van der Waals surface area contributed by atoms with Gasteiger partial charge in [-0.25, -0.2) is 0 Å². The number of likely N-dealkylation sites (tertiary alicyclic amines) is 1. The lowest BCUT2D eigenvalue weighted by molar-refractivity contribution is 0.0991. The molecule has 2 N–H and O–H groups in total. The first kappa shape index (κ1) is 16.0. The molecule has 1 aromatic rings. The predicted octanol–water partition coefficient (Wildman–Crippen LogP) is 2.63. The van der Waals surface area contributed by atoms with Crippen molar-refractivity contribution in [3.8, 4) is 0 Å². The van der Waals surface area contributed by atoms with Crippen LogP contribution in [0.5, 0.6) is 0 Å². The highest BCUT2D eigenvalue weighted by atomic mass is 79.9. The summed E-state index contributed by atoms with van der Waals surface area (Å²) in [4.78, 5) is 2.58. The van der Waals surface area contributed by atoms with Gasteiger partial charge in [0.2, 0.25) is 0 Å². The number of rotatable bonds is 5. The molecule has 2 heterocycles. The maximum absolute atomic E-state index is 6.62. The number of aryl methyl sites for hydroxylation is 2. The molecule has 0 bridgehead atoms. The Morgan fingerprint density at radius 2 is 2.00 bits per heavy atom. The normalized spacial score (nSPS) is 21.1. The first-order valence-electron chi connectivity index (χ1n) is 7.58. The van der Waals surface area contributed by atoms with Crippen LogP contribution in [0.3, 0.4) is 0 Å². The molecule has 0 spiro atoms. The number of hydrogen-bond donors (Lipinski definition) is 1. The number of halogens is 1. The molecule has 0 aliphatic carbocycles. The van der Waals surface area contributed by atoms with E-state index in [1.54, 1.807) is 0 Å². The van der Waals surface area contributed by atoms with Crippen molar-refractivity contribution in [2.45, 2.75) is 58.0 Å². The van der Waals surface area contributed by atoms with Gasteiger partial charge in [0.05, 0.1) is 15.9 Å². The molecule has 4 nitrogen and oxygen atoms in total. The molecule has 0 saturated carbocycles. The summed E-state index contributed by atoms with van der Waals surface area (Å²) >= 11 is 3.65. The molecule has 0 amide bonds. The zero-order chi connectivity index (χ0) is 14.9. The molecule has 1 saturated heterocycles. The lowest BCUT2D eigenvalue weighted by atomic mass is 9.85. The Morgan fingerprint density at radius 3 is 2.45 bits per heavy atom. The van der Waals surface area contributed by atoms with Crippen molar-refractivity contribution >= 4 is 15.9 Å². The third kappa shape index (κ3) is 2.81. The fourth-order valence-electron chi connectivity index (χ4n) is 3.28. The van der Waals surface area contributed by atoms with Crippen molar-refractivity contribution in [1.82, 2.24) is 14.7 Å². The van der Waals surface area contributed by atoms with Crippen LogP contribution in [0.15, 0.2) is 4.47 Å². The Morgan fingerprint density at radius 1 is 1.40 bits per heavy atom. The minimum atomic E-state index is 0.0775. The van der Waals surface area contributed by atoms with Gasteiger partial charge < -0.3 is 5.73 Å². The van der Waals surface area contributed by atoms with E-state index >= 15 is 0 Å². The Labute approximate surface area is 130 Å². The summed E-state index contributed by atoms with van der Waals surface area (Å²) in [5.74, 6) is 0. The summed E-state index contributed by atoms with van der Waals surface area (Å²) < 4.78 is 3.06. The molecule has 114 valence electrons. The zero-order valence-corrected chi connectivity index (χ0v) is 14.7. The van der Waals surface area contributed by atoms with E-state index in [0.29, 0.717) is 0 Å². The topological polar surface area (TPSA) is 47.1 Å². The van der Waals surface area contributed by atoms with Crippen LogP contribution >= 0.6 is 15.9 Å². The Bertz CT molecular complexity index is 465. The minimum absolute atomic E-state index is 0.0775. The Balaban J connectivity index is 2.18. The highest BCUT2D eigenvalue weighted by molar-refractivity contribution is 9.10. The number of hydrogen-bond acceptors (Lipinski definition) is 3. The van der Waals surface area contributed by atoms with E-state index in [1.807, 2.05) is 18.7 Å². The summed E-state index contributed by atoms with van der Waals surface area (Å²) in [5.41, 5.74) is 8.93. The van der Waals surface area contributed by atoms with Crippen LogP contribution in [0.4, 0.5) is 0 Å². The van der Waals surface area contributed by atoms with E-state index in [4.69, 9.17) is 5.73 Å². The summed E-state index contributed by atoms with van der Waals surface area (Å²) in [6, 6.07) is 0.122. The highest BCUT2D eigenvalue weighted by Crippen LogP contribution is 2.30. The molecule has 2 atom stereocenters. The van der Waals surface area contributed by atoms with Crippen LogP contribution in [-0.4, -0.2) is 39.4 Å². The van der Waals surface area contributed by atoms with Crippen LogP contribution in [0, 0.1) is 6.92 Å². The van der Waals surface area contributed by atoms with Crippen LogP contribution in [0.2, 0.25) is 0 Å². The Kier molecular flexibility index (Phi) is 4.92. The van der Waals surface area contributed by atoms with Crippen LogP contribution in [0.1, 0.15) is 44.5 Å². The summed E-state index contributed by atoms with van der Waals surface area (Å²) in [6.45, 7) is 8.97. The van der Waals surface area contributed by atoms with Crippen molar-refractivity contribution in [2.24, 2.45) is 12.8 Å². The van der Waals surface area contributed by atoms with Gasteiger partial charge in [0.15, 0.2) is 0 Å². The molecule has 5 heteroatoms. The van der Waals surface area contributed by atoms with Gasteiger partial charge in [-0.05, 0) is 62.1 Å². The number of nitrogens with zero attached hydrogens (tertiary/aromatic N) is 3. The van der Waals surface area contributed by atoms with Crippen LogP contribution in [0.25, 0.3) is 0 Å². The molecule has 1 fully saturated rings. The first-order chi connectivity index (χ1) is 9.40. The maximum Gasteiger partial charge on any atom is 0.0738 e. The first-order valence-corrected chi connectivity index (χ1v) is 8.38. The molecule has 1 aliphatic heterocycles. The van der Waals surface area contributed by atoms with E-state index in [1.165, 1.54) is 31.6 Å². The molecular weight excluding hydrogens is 316 g/mol. The molecule has 2 unspecified atom stereocenters. The second-order valence-corrected chi connectivity index (χ2v) is 6.98. The van der Waals surface area contributed by atoms with E-state index in [0.717, 1.165) is 23.0 Å². The second-order valence-electron chi connectivity index (χ2n) is 6.19. The smallest absolute Gasteiger partial charge is 0.0738 e. The molecular formula is C15H27BrN4. The number of aromatic nitrogens is 2. The molecule has 0 radical (unpaired) electrons. The van der Waals surface area contributed by atoms with Gasteiger partial charge >= 0.3 is 0 Å². The quantitative estimate of drug-likeness (QED) is 0.894. The third-order valence-corrected chi connectivity index (χ3v) is 6.05. The molecule has 2 rings (SSSR count). The van der Waals surface area contributed by atoms with Gasteiger partial charge in [-0.2, -0.15) is 5.10 Å². The van der Waals surface area contributed by atoms with E-state index in [-0.39, 0.29) is 11.6 Å². The largest absolute Gasteiger partial charge is 0.326 e. The van der Waals surface area contributed by atoms with Gasteiger partial charge in [-0.1, -0.05) is 6.92 Å². The maximum atomic E-state index is 6.62. The van der Waals surface area contributed by atoms with Crippen molar-refractivity contribution in [3.63, 3.8) is 0 Å². The molecule has 1 aliphatic rings. The standard InChI is InChI=1S/C15H27BrN4/c1-5-15(3,20-8-6-7-9-20)13(17)10-12-14(16)11(2)18-19(12)4/h13H,5-10,17H2,1-4H3. The summed E-state index contributed by atoms with van der Waals surface area (Å²) in [5, 5.41) is 4.47. The zero-order valence-electron chi connectivity index (χ0n) is 13.1. The van der Waals surface area contributed by atoms with Crippen molar-refractivity contribution in [2.75, 3.05) is 13.1 Å². The monoisotopic (exact) mass is 342 g/mol. The van der Waals surface area contributed by atoms with Gasteiger partial charge in [0.25, 0.3) is 0 Å². The molecule has 1 aromatic heterocycles. The minimum Gasteiger partial charge on any atom is -0.326 e. The van der Waals surface area contributed by atoms with E-state index < -0.39 is 0 Å². The van der Waals surface area contributed by atoms with Gasteiger partial charge in [-0.15, -0.1) is 0 Å². The molecule has 0 aromatic carbocycles. The van der Waals surface area contributed by atoms with E-state index in [2.05, 4.69) is 39.8 Å². The third-order valence-electron chi connectivity index (χ3n) is 5.02. The summed E-state index contributed by atoms with van der Waals surface area (Å²) in [6.07, 6.45) is 4.55. The van der Waals surface area contributed by atoms with Gasteiger partial charge in [0.1, 0.15) is 0 Å². The lowest BCUT2D eigenvalue weighted by Gasteiger charge is -2.43. The highest BCUT2D eigenvalue weighted by Gasteiger charge is 2.38. The lowest BCUT2D eigenvalue weighted by Crippen LogP contribution is -2.57. The van der Waals surface area contributed by atoms with Gasteiger partial charge in [-0.3, -0.25) is 9.58 Å². The van der Waals surface area contributed by atoms with Crippen molar-refractivity contribution in [1.29, 1.82) is 0 Å². The Hall–Kier alpha value is -0.390.